The van der Waals surface area contributed by atoms with Gasteiger partial charge in [0.2, 0.25) is 0 Å². The van der Waals surface area contributed by atoms with E-state index in [1.165, 1.54) is 32.1 Å². The molecule has 3 rings (SSSR count). The molecule has 1 saturated carbocycles. The molecule has 4 nitrogen and oxygen atoms in total. The highest BCUT2D eigenvalue weighted by Gasteiger charge is 2.12. The molecular formula is C16H19N3O. The smallest absolute Gasteiger partial charge is 0.273 e. The number of nitrogens with one attached hydrogen (secondary N) is 2. The van der Waals surface area contributed by atoms with E-state index in [0.29, 0.717) is 11.5 Å². The zero-order valence-electron chi connectivity index (χ0n) is 11.4. The Kier molecular flexibility index (Phi) is 3.81. The molecule has 1 aliphatic rings. The van der Waals surface area contributed by atoms with Crippen LogP contribution in [0.25, 0.3) is 10.9 Å². The maximum absolute atomic E-state index is 12.1. The van der Waals surface area contributed by atoms with Crippen molar-refractivity contribution in [1.82, 2.24) is 10.4 Å². The molecule has 0 unspecified atom stereocenters. The van der Waals surface area contributed by atoms with Crippen LogP contribution in [0.4, 0.5) is 0 Å². The summed E-state index contributed by atoms with van der Waals surface area (Å²) in [6, 6.07) is 7.77. The molecule has 1 heterocycles. The number of rotatable bonds is 3. The summed E-state index contributed by atoms with van der Waals surface area (Å²) in [5, 5.41) is 5.05. The van der Waals surface area contributed by atoms with Crippen LogP contribution in [0, 0.1) is 5.92 Å². The molecule has 0 aliphatic heterocycles. The van der Waals surface area contributed by atoms with Crippen molar-refractivity contribution >= 4 is 23.0 Å². The molecular weight excluding hydrogens is 250 g/mol. The molecule has 1 amide bonds. The van der Waals surface area contributed by atoms with E-state index in [2.05, 4.69) is 15.5 Å². The first kappa shape index (κ1) is 12.9. The Bertz CT molecular complexity index is 623. The van der Waals surface area contributed by atoms with E-state index in [0.717, 1.165) is 10.9 Å². The highest BCUT2D eigenvalue weighted by Crippen LogP contribution is 2.22. The number of aromatic nitrogens is 1. The molecule has 0 spiro atoms. The molecule has 0 saturated heterocycles. The molecule has 20 heavy (non-hydrogen) atoms. The first-order chi connectivity index (χ1) is 9.84. The average molecular weight is 269 g/mol. The maximum atomic E-state index is 12.1. The number of aromatic amines is 1. The summed E-state index contributed by atoms with van der Waals surface area (Å²) in [7, 11) is 0. The lowest BCUT2D eigenvalue weighted by atomic mass is 9.90. The summed E-state index contributed by atoms with van der Waals surface area (Å²) in [4.78, 5) is 15.2. The van der Waals surface area contributed by atoms with Gasteiger partial charge in [-0.25, -0.2) is 5.43 Å². The Morgan fingerprint density at radius 2 is 2.05 bits per heavy atom. The number of carbonyl (C=O) groups excluding carboxylic acids is 1. The van der Waals surface area contributed by atoms with Gasteiger partial charge in [0.25, 0.3) is 5.91 Å². The number of para-hydroxylation sites is 1. The van der Waals surface area contributed by atoms with E-state index >= 15 is 0 Å². The first-order valence-corrected chi connectivity index (χ1v) is 7.24. The molecule has 2 aromatic rings. The van der Waals surface area contributed by atoms with E-state index in [1.54, 1.807) is 6.20 Å². The van der Waals surface area contributed by atoms with Gasteiger partial charge in [0, 0.05) is 23.3 Å². The fraction of sp³-hybridized carbons (Fsp3) is 0.375. The Morgan fingerprint density at radius 3 is 2.90 bits per heavy atom. The van der Waals surface area contributed by atoms with Gasteiger partial charge in [0.05, 0.1) is 5.56 Å². The van der Waals surface area contributed by atoms with Gasteiger partial charge in [-0.1, -0.05) is 37.5 Å². The van der Waals surface area contributed by atoms with E-state index in [9.17, 15) is 4.79 Å². The second-order valence-corrected chi connectivity index (χ2v) is 5.37. The van der Waals surface area contributed by atoms with E-state index in [-0.39, 0.29) is 5.91 Å². The van der Waals surface area contributed by atoms with Crippen molar-refractivity contribution in [3.8, 4) is 0 Å². The van der Waals surface area contributed by atoms with Crippen molar-refractivity contribution < 1.29 is 4.79 Å². The van der Waals surface area contributed by atoms with Gasteiger partial charge in [0.15, 0.2) is 0 Å². The summed E-state index contributed by atoms with van der Waals surface area (Å²) >= 11 is 0. The van der Waals surface area contributed by atoms with Crippen molar-refractivity contribution in [3.05, 3.63) is 36.0 Å². The Labute approximate surface area is 118 Å². The summed E-state index contributed by atoms with van der Waals surface area (Å²) in [5.41, 5.74) is 4.24. The third-order valence-corrected chi connectivity index (χ3v) is 3.94. The topological polar surface area (TPSA) is 57.2 Å². The lowest BCUT2D eigenvalue weighted by molar-refractivity contribution is 0.0956. The highest BCUT2D eigenvalue weighted by molar-refractivity contribution is 6.06. The number of benzene rings is 1. The number of fused-ring (bicyclic) bond motifs is 1. The lowest BCUT2D eigenvalue weighted by Crippen LogP contribution is -2.18. The Balaban J connectivity index is 1.65. The standard InChI is InChI=1S/C16H19N3O/c20-16(19-18-10-12-6-2-1-3-7-12)14-11-17-15-9-5-4-8-13(14)15/h4-5,8-12,17H,1-3,6-7H2,(H,19,20). The predicted molar refractivity (Wildman–Crippen MR) is 80.8 cm³/mol. The number of hydrogen-bond acceptors (Lipinski definition) is 2. The van der Waals surface area contributed by atoms with Gasteiger partial charge >= 0.3 is 0 Å². The molecule has 1 aliphatic carbocycles. The molecule has 1 aromatic heterocycles. The Morgan fingerprint density at radius 1 is 1.25 bits per heavy atom. The second kappa shape index (κ2) is 5.90. The van der Waals surface area contributed by atoms with Crippen LogP contribution in [0.3, 0.4) is 0 Å². The maximum Gasteiger partial charge on any atom is 0.273 e. The molecule has 104 valence electrons. The van der Waals surface area contributed by atoms with Crippen LogP contribution in [-0.4, -0.2) is 17.1 Å². The van der Waals surface area contributed by atoms with Crippen LogP contribution in [0.15, 0.2) is 35.6 Å². The molecule has 1 aromatic carbocycles. The van der Waals surface area contributed by atoms with Gasteiger partial charge in [-0.3, -0.25) is 4.79 Å². The van der Waals surface area contributed by atoms with E-state index in [4.69, 9.17) is 0 Å². The van der Waals surface area contributed by atoms with Crippen LogP contribution in [-0.2, 0) is 0 Å². The normalized spacial score (nSPS) is 16.8. The molecule has 2 N–H and O–H groups in total. The quantitative estimate of drug-likeness (QED) is 0.650. The molecule has 0 radical (unpaired) electrons. The lowest BCUT2D eigenvalue weighted by Gasteiger charge is -2.16. The van der Waals surface area contributed by atoms with Crippen molar-refractivity contribution in [3.63, 3.8) is 0 Å². The molecule has 1 fully saturated rings. The van der Waals surface area contributed by atoms with Crippen molar-refractivity contribution in [2.24, 2.45) is 11.0 Å². The summed E-state index contributed by atoms with van der Waals surface area (Å²) < 4.78 is 0. The number of nitrogens with zero attached hydrogens (tertiary/aromatic N) is 1. The van der Waals surface area contributed by atoms with Gasteiger partial charge in [-0.05, 0) is 24.8 Å². The van der Waals surface area contributed by atoms with Gasteiger partial charge in [0.1, 0.15) is 0 Å². The fourth-order valence-electron chi connectivity index (χ4n) is 2.80. The number of hydrazone groups is 1. The summed E-state index contributed by atoms with van der Waals surface area (Å²) in [5.74, 6) is 0.363. The van der Waals surface area contributed by atoms with Crippen molar-refractivity contribution in [2.75, 3.05) is 0 Å². The van der Waals surface area contributed by atoms with Crippen molar-refractivity contribution in [1.29, 1.82) is 0 Å². The average Bonchev–Trinajstić information content (AvgIpc) is 2.92. The summed E-state index contributed by atoms with van der Waals surface area (Å²) in [6.07, 6.45) is 9.87. The van der Waals surface area contributed by atoms with Crippen LogP contribution >= 0.6 is 0 Å². The minimum atomic E-state index is -0.158. The highest BCUT2D eigenvalue weighted by atomic mass is 16.2. The van der Waals surface area contributed by atoms with Crippen molar-refractivity contribution in [2.45, 2.75) is 32.1 Å². The van der Waals surface area contributed by atoms with Crippen LogP contribution in [0.1, 0.15) is 42.5 Å². The van der Waals surface area contributed by atoms with Gasteiger partial charge in [-0.2, -0.15) is 5.10 Å². The molecule has 0 bridgehead atoms. The van der Waals surface area contributed by atoms with Crippen LogP contribution in [0.2, 0.25) is 0 Å². The molecule has 4 heteroatoms. The van der Waals surface area contributed by atoms with E-state index < -0.39 is 0 Å². The first-order valence-electron chi connectivity index (χ1n) is 7.24. The second-order valence-electron chi connectivity index (χ2n) is 5.37. The molecule has 0 atom stereocenters. The van der Waals surface area contributed by atoms with Gasteiger partial charge < -0.3 is 4.98 Å². The third kappa shape index (κ3) is 2.74. The van der Waals surface area contributed by atoms with E-state index in [1.807, 2.05) is 30.5 Å². The Hall–Kier alpha value is -2.10. The number of hydrogen-bond donors (Lipinski definition) is 2. The minimum absolute atomic E-state index is 0.158. The predicted octanol–water partition coefficient (Wildman–Crippen LogP) is 3.46. The SMILES string of the molecule is O=C(NN=CC1CCCCC1)c1c[nH]c2ccccc12. The van der Waals surface area contributed by atoms with Crippen LogP contribution in [0.5, 0.6) is 0 Å². The summed E-state index contributed by atoms with van der Waals surface area (Å²) in [6.45, 7) is 0. The zero-order chi connectivity index (χ0) is 13.8. The monoisotopic (exact) mass is 269 g/mol. The number of amides is 1. The third-order valence-electron chi connectivity index (χ3n) is 3.94. The number of carbonyl (C=O) groups is 1. The largest absolute Gasteiger partial charge is 0.360 e. The fourth-order valence-corrected chi connectivity index (χ4v) is 2.80. The number of H-pyrrole nitrogens is 1. The van der Waals surface area contributed by atoms with Crippen LogP contribution < -0.4 is 5.43 Å². The zero-order valence-corrected chi connectivity index (χ0v) is 11.4. The minimum Gasteiger partial charge on any atom is -0.360 e. The van der Waals surface area contributed by atoms with Gasteiger partial charge in [-0.15, -0.1) is 0 Å².